The third kappa shape index (κ3) is 4.97. The lowest BCUT2D eigenvalue weighted by atomic mass is 9.98. The van der Waals surface area contributed by atoms with Crippen molar-refractivity contribution in [3.8, 4) is 0 Å². The minimum atomic E-state index is -0.606. The number of piperidine rings is 1. The molecule has 1 aliphatic rings. The molecular weight excluding hydrogens is 202 g/mol. The van der Waals surface area contributed by atoms with Crippen LogP contribution in [0.3, 0.4) is 0 Å². The molecule has 1 N–H and O–H groups in total. The Morgan fingerprint density at radius 1 is 1.25 bits per heavy atom. The second-order valence-corrected chi connectivity index (χ2v) is 4.87. The molecule has 1 saturated heterocycles. The molecule has 16 heavy (non-hydrogen) atoms. The van der Waals surface area contributed by atoms with Gasteiger partial charge >= 0.3 is 5.97 Å². The Balaban J connectivity index is 2.22. The summed E-state index contributed by atoms with van der Waals surface area (Å²) >= 11 is 0. The van der Waals surface area contributed by atoms with Crippen molar-refractivity contribution in [2.45, 2.75) is 51.9 Å². The van der Waals surface area contributed by atoms with E-state index in [0.717, 1.165) is 32.2 Å². The van der Waals surface area contributed by atoms with Gasteiger partial charge in [0.05, 0.1) is 5.92 Å². The number of rotatable bonds is 7. The quantitative estimate of drug-likeness (QED) is 0.727. The van der Waals surface area contributed by atoms with Gasteiger partial charge in [0.2, 0.25) is 0 Å². The maximum absolute atomic E-state index is 11.1. The second kappa shape index (κ2) is 7.66. The molecule has 0 aliphatic carbocycles. The summed E-state index contributed by atoms with van der Waals surface area (Å²) < 4.78 is 0. The summed E-state index contributed by atoms with van der Waals surface area (Å²) in [7, 11) is 0. The van der Waals surface area contributed by atoms with Crippen LogP contribution in [0, 0.1) is 5.92 Å². The lowest BCUT2D eigenvalue weighted by molar-refractivity contribution is -0.142. The zero-order valence-corrected chi connectivity index (χ0v) is 10.5. The van der Waals surface area contributed by atoms with Crippen LogP contribution in [-0.2, 0) is 4.79 Å². The van der Waals surface area contributed by atoms with Crippen molar-refractivity contribution in [1.82, 2.24) is 4.90 Å². The van der Waals surface area contributed by atoms with Crippen LogP contribution in [0.4, 0.5) is 0 Å². The molecule has 3 heteroatoms. The number of hydrogen-bond acceptors (Lipinski definition) is 2. The zero-order chi connectivity index (χ0) is 11.8. The minimum Gasteiger partial charge on any atom is -0.481 e. The molecule has 1 heterocycles. The van der Waals surface area contributed by atoms with Crippen LogP contribution in [-0.4, -0.2) is 35.6 Å². The summed E-state index contributed by atoms with van der Waals surface area (Å²) in [4.78, 5) is 13.5. The first-order chi connectivity index (χ1) is 7.74. The summed E-state index contributed by atoms with van der Waals surface area (Å²) in [6.07, 6.45) is 7.72. The number of carboxylic acids is 1. The maximum Gasteiger partial charge on any atom is 0.306 e. The van der Waals surface area contributed by atoms with E-state index in [2.05, 4.69) is 11.8 Å². The molecule has 0 aromatic heterocycles. The van der Waals surface area contributed by atoms with Gasteiger partial charge in [-0.05, 0) is 45.3 Å². The van der Waals surface area contributed by atoms with Crippen molar-refractivity contribution in [2.75, 3.05) is 19.6 Å². The van der Waals surface area contributed by atoms with Crippen molar-refractivity contribution in [3.05, 3.63) is 0 Å². The summed E-state index contributed by atoms with van der Waals surface area (Å²) in [5, 5.41) is 9.11. The fourth-order valence-corrected chi connectivity index (χ4v) is 2.36. The topological polar surface area (TPSA) is 40.5 Å². The summed E-state index contributed by atoms with van der Waals surface area (Å²) in [5.74, 6) is -0.729. The average molecular weight is 227 g/mol. The highest BCUT2D eigenvalue weighted by atomic mass is 16.4. The van der Waals surface area contributed by atoms with Gasteiger partial charge < -0.3 is 10.0 Å². The van der Waals surface area contributed by atoms with Crippen molar-refractivity contribution in [2.24, 2.45) is 5.92 Å². The number of carbonyl (C=O) groups is 1. The molecule has 1 aliphatic heterocycles. The minimum absolute atomic E-state index is 0.123. The van der Waals surface area contributed by atoms with E-state index in [-0.39, 0.29) is 5.92 Å². The molecule has 0 radical (unpaired) electrons. The van der Waals surface area contributed by atoms with Crippen LogP contribution >= 0.6 is 0 Å². The van der Waals surface area contributed by atoms with E-state index in [9.17, 15) is 4.79 Å². The highest BCUT2D eigenvalue weighted by molar-refractivity contribution is 5.69. The van der Waals surface area contributed by atoms with Gasteiger partial charge in [-0.25, -0.2) is 0 Å². The van der Waals surface area contributed by atoms with Crippen molar-refractivity contribution >= 4 is 5.97 Å². The molecule has 0 saturated carbocycles. The first-order valence-electron chi connectivity index (χ1n) is 6.69. The number of carboxylic acid groups (broad SMARTS) is 1. The molecule has 1 fully saturated rings. The first-order valence-corrected chi connectivity index (χ1v) is 6.69. The van der Waals surface area contributed by atoms with Crippen LogP contribution in [0.5, 0.6) is 0 Å². The second-order valence-electron chi connectivity index (χ2n) is 4.87. The molecule has 1 atom stereocenters. The van der Waals surface area contributed by atoms with Crippen molar-refractivity contribution < 1.29 is 9.90 Å². The van der Waals surface area contributed by atoms with Crippen molar-refractivity contribution in [3.63, 3.8) is 0 Å². The van der Waals surface area contributed by atoms with Crippen LogP contribution < -0.4 is 0 Å². The third-order valence-electron chi connectivity index (χ3n) is 3.50. The van der Waals surface area contributed by atoms with Gasteiger partial charge in [-0.15, -0.1) is 0 Å². The van der Waals surface area contributed by atoms with Gasteiger partial charge in [0, 0.05) is 0 Å². The van der Waals surface area contributed by atoms with Gasteiger partial charge in [0.1, 0.15) is 0 Å². The lowest BCUT2D eigenvalue weighted by Crippen LogP contribution is -2.32. The summed E-state index contributed by atoms with van der Waals surface area (Å²) in [5.41, 5.74) is 0. The molecule has 1 rings (SSSR count). The highest BCUT2D eigenvalue weighted by Gasteiger charge is 2.18. The van der Waals surface area contributed by atoms with E-state index in [1.54, 1.807) is 0 Å². The molecule has 3 nitrogen and oxygen atoms in total. The van der Waals surface area contributed by atoms with Crippen molar-refractivity contribution in [1.29, 1.82) is 0 Å². The number of aliphatic carboxylic acids is 1. The van der Waals surface area contributed by atoms with E-state index in [1.807, 2.05) is 0 Å². The van der Waals surface area contributed by atoms with Crippen LogP contribution in [0.15, 0.2) is 0 Å². The van der Waals surface area contributed by atoms with Gasteiger partial charge in [-0.3, -0.25) is 4.79 Å². The Kier molecular flexibility index (Phi) is 6.46. The van der Waals surface area contributed by atoms with E-state index >= 15 is 0 Å². The number of nitrogens with zero attached hydrogens (tertiary/aromatic N) is 1. The Morgan fingerprint density at radius 3 is 2.50 bits per heavy atom. The van der Waals surface area contributed by atoms with Crippen LogP contribution in [0.2, 0.25) is 0 Å². The highest BCUT2D eigenvalue weighted by Crippen LogP contribution is 2.16. The van der Waals surface area contributed by atoms with Gasteiger partial charge in [0.25, 0.3) is 0 Å². The third-order valence-corrected chi connectivity index (χ3v) is 3.50. The molecule has 0 aromatic rings. The zero-order valence-electron chi connectivity index (χ0n) is 10.5. The molecule has 0 aromatic carbocycles. The summed E-state index contributed by atoms with van der Waals surface area (Å²) in [6.45, 7) is 5.42. The van der Waals surface area contributed by atoms with Gasteiger partial charge in [-0.1, -0.05) is 26.2 Å². The largest absolute Gasteiger partial charge is 0.481 e. The molecule has 1 unspecified atom stereocenters. The fourth-order valence-electron chi connectivity index (χ4n) is 2.36. The Morgan fingerprint density at radius 2 is 1.94 bits per heavy atom. The molecule has 0 spiro atoms. The van der Waals surface area contributed by atoms with Gasteiger partial charge in [-0.2, -0.15) is 0 Å². The predicted molar refractivity (Wildman–Crippen MR) is 65.6 cm³/mol. The normalized spacial score (nSPS) is 19.6. The van der Waals surface area contributed by atoms with E-state index in [1.165, 1.54) is 32.4 Å². The van der Waals surface area contributed by atoms with E-state index in [0.29, 0.717) is 0 Å². The average Bonchev–Trinajstić information content (AvgIpc) is 2.30. The predicted octanol–water partition coefficient (Wildman–Crippen LogP) is 2.75. The smallest absolute Gasteiger partial charge is 0.306 e. The molecule has 0 bridgehead atoms. The van der Waals surface area contributed by atoms with E-state index < -0.39 is 5.97 Å². The molecule has 94 valence electrons. The summed E-state index contributed by atoms with van der Waals surface area (Å²) in [6, 6.07) is 0. The molecule has 0 amide bonds. The molecular formula is C13H25NO2. The van der Waals surface area contributed by atoms with Gasteiger partial charge in [0.15, 0.2) is 0 Å². The van der Waals surface area contributed by atoms with Crippen LogP contribution in [0.1, 0.15) is 51.9 Å². The Labute approximate surface area is 98.8 Å². The lowest BCUT2D eigenvalue weighted by Gasteiger charge is -2.27. The number of likely N-dealkylation sites (tertiary alicyclic amines) is 1. The number of hydrogen-bond donors (Lipinski definition) is 1. The fraction of sp³-hybridized carbons (Fsp3) is 0.923. The first kappa shape index (κ1) is 13.5. The SMILES string of the molecule is CCCCC(CCN1CCCCC1)C(=O)O. The maximum atomic E-state index is 11.1. The van der Waals surface area contributed by atoms with E-state index in [4.69, 9.17) is 5.11 Å². The standard InChI is InChI=1S/C13H25NO2/c1-2-3-7-12(13(15)16)8-11-14-9-5-4-6-10-14/h12H,2-11H2,1H3,(H,15,16). The Hall–Kier alpha value is -0.570. The van der Waals surface area contributed by atoms with Crippen LogP contribution in [0.25, 0.3) is 0 Å². The monoisotopic (exact) mass is 227 g/mol. The Bertz CT molecular complexity index is 200. The number of unbranched alkanes of at least 4 members (excludes halogenated alkanes) is 1.